The van der Waals surface area contributed by atoms with Gasteiger partial charge in [-0.3, -0.25) is 0 Å². The monoisotopic (exact) mass is 269 g/mol. The molecule has 0 aliphatic carbocycles. The molecule has 0 amide bonds. The van der Waals surface area contributed by atoms with Gasteiger partial charge >= 0.3 is 0 Å². The van der Waals surface area contributed by atoms with E-state index in [2.05, 4.69) is 9.36 Å². The Morgan fingerprint density at radius 1 is 1.47 bits per heavy atom. The number of rotatable bonds is 4. The zero-order valence-electron chi connectivity index (χ0n) is 9.31. The molecule has 0 aliphatic heterocycles. The van der Waals surface area contributed by atoms with E-state index in [1.807, 2.05) is 13.0 Å². The van der Waals surface area contributed by atoms with Gasteiger partial charge in [0.1, 0.15) is 11.6 Å². The Kier molecular flexibility index (Phi) is 4.09. The largest absolute Gasteiger partial charge is 0.330 e. The number of benzene rings is 1. The Labute approximate surface area is 107 Å². The van der Waals surface area contributed by atoms with Gasteiger partial charge in [0.15, 0.2) is 4.34 Å². The van der Waals surface area contributed by atoms with E-state index in [1.165, 1.54) is 29.4 Å². The summed E-state index contributed by atoms with van der Waals surface area (Å²) in [4.78, 5) is 5.12. The minimum atomic E-state index is -0.207. The Balaban J connectivity index is 2.28. The number of nitrogens with zero attached hydrogens (tertiary/aromatic N) is 2. The minimum Gasteiger partial charge on any atom is -0.330 e. The fourth-order valence-electron chi connectivity index (χ4n) is 1.44. The summed E-state index contributed by atoms with van der Waals surface area (Å²) < 4.78 is 18.6. The fourth-order valence-corrected chi connectivity index (χ4v) is 3.22. The first kappa shape index (κ1) is 12.5. The number of aryl methyl sites for hydroxylation is 1. The number of halogens is 1. The summed E-state index contributed by atoms with van der Waals surface area (Å²) >= 11 is 2.76. The highest BCUT2D eigenvalue weighted by molar-refractivity contribution is 8.01. The van der Waals surface area contributed by atoms with E-state index in [0.29, 0.717) is 18.5 Å². The van der Waals surface area contributed by atoms with Crippen molar-refractivity contribution in [3.05, 3.63) is 35.4 Å². The maximum atomic E-state index is 13.6. The van der Waals surface area contributed by atoms with Gasteiger partial charge in [0.25, 0.3) is 0 Å². The lowest BCUT2D eigenvalue weighted by atomic mass is 10.1. The second-order valence-electron chi connectivity index (χ2n) is 3.46. The molecule has 6 heteroatoms. The van der Waals surface area contributed by atoms with Crippen LogP contribution in [0, 0.1) is 12.7 Å². The molecule has 0 fully saturated rings. The summed E-state index contributed by atoms with van der Waals surface area (Å²) in [5, 5.41) is 0. The van der Waals surface area contributed by atoms with Crippen LogP contribution in [-0.2, 0) is 6.42 Å². The van der Waals surface area contributed by atoms with E-state index in [9.17, 15) is 4.39 Å². The van der Waals surface area contributed by atoms with Gasteiger partial charge < -0.3 is 5.73 Å². The molecule has 17 heavy (non-hydrogen) atoms. The lowest BCUT2D eigenvalue weighted by Gasteiger charge is -2.07. The van der Waals surface area contributed by atoms with E-state index in [0.717, 1.165) is 15.1 Å². The first-order chi connectivity index (χ1) is 8.20. The molecule has 0 radical (unpaired) electrons. The summed E-state index contributed by atoms with van der Waals surface area (Å²) in [5.74, 6) is 0.538. The van der Waals surface area contributed by atoms with E-state index < -0.39 is 0 Å². The van der Waals surface area contributed by atoms with Crippen molar-refractivity contribution in [1.29, 1.82) is 0 Å². The molecule has 2 N–H and O–H groups in total. The smallest absolute Gasteiger partial charge is 0.174 e. The predicted octanol–water partition coefficient (Wildman–Crippen LogP) is 2.64. The van der Waals surface area contributed by atoms with Crippen molar-refractivity contribution < 1.29 is 4.39 Å². The molecule has 0 spiro atoms. The number of hydrogen-bond donors (Lipinski definition) is 1. The summed E-state index contributed by atoms with van der Waals surface area (Å²) in [6, 6.07) is 5.04. The van der Waals surface area contributed by atoms with Gasteiger partial charge in [0.2, 0.25) is 0 Å². The standard InChI is InChI=1S/C11H12FN3S2/c1-7-14-11(17-15-7)16-10-4-2-3-9(12)8(10)5-6-13/h2-4H,5-6,13H2,1H3. The van der Waals surface area contributed by atoms with Crippen molar-refractivity contribution in [3.63, 3.8) is 0 Å². The second-order valence-corrected chi connectivity index (χ2v) is 5.51. The first-order valence-electron chi connectivity index (χ1n) is 5.16. The highest BCUT2D eigenvalue weighted by Crippen LogP contribution is 2.32. The molecule has 0 bridgehead atoms. The van der Waals surface area contributed by atoms with Crippen molar-refractivity contribution in [3.8, 4) is 0 Å². The molecule has 0 saturated heterocycles. The molecular weight excluding hydrogens is 257 g/mol. The maximum absolute atomic E-state index is 13.6. The number of aromatic nitrogens is 2. The van der Waals surface area contributed by atoms with Gasteiger partial charge in [-0.2, -0.15) is 4.37 Å². The van der Waals surface area contributed by atoms with E-state index in [-0.39, 0.29) is 5.82 Å². The molecule has 0 unspecified atom stereocenters. The van der Waals surface area contributed by atoms with Crippen LogP contribution in [0.5, 0.6) is 0 Å². The molecule has 0 saturated carbocycles. The van der Waals surface area contributed by atoms with E-state index >= 15 is 0 Å². The lowest BCUT2D eigenvalue weighted by molar-refractivity contribution is 0.603. The van der Waals surface area contributed by atoms with Crippen LogP contribution >= 0.6 is 23.3 Å². The van der Waals surface area contributed by atoms with Crippen molar-refractivity contribution in [2.24, 2.45) is 5.73 Å². The van der Waals surface area contributed by atoms with Crippen LogP contribution in [0.4, 0.5) is 4.39 Å². The molecule has 1 aromatic heterocycles. The van der Waals surface area contributed by atoms with Gasteiger partial charge in [-0.25, -0.2) is 9.37 Å². The molecular formula is C11H12FN3S2. The molecule has 1 heterocycles. The van der Waals surface area contributed by atoms with Crippen molar-refractivity contribution in [2.75, 3.05) is 6.54 Å². The fraction of sp³-hybridized carbons (Fsp3) is 0.273. The Hall–Kier alpha value is -0.980. The van der Waals surface area contributed by atoms with Crippen molar-refractivity contribution in [1.82, 2.24) is 9.36 Å². The predicted molar refractivity (Wildman–Crippen MR) is 67.9 cm³/mol. The van der Waals surface area contributed by atoms with Crippen LogP contribution in [0.15, 0.2) is 27.4 Å². The lowest BCUT2D eigenvalue weighted by Crippen LogP contribution is -2.05. The van der Waals surface area contributed by atoms with Crippen LogP contribution in [0.3, 0.4) is 0 Å². The molecule has 3 nitrogen and oxygen atoms in total. The van der Waals surface area contributed by atoms with Gasteiger partial charge in [-0.15, -0.1) is 0 Å². The van der Waals surface area contributed by atoms with Gasteiger partial charge in [-0.05, 0) is 43.6 Å². The van der Waals surface area contributed by atoms with E-state index in [4.69, 9.17) is 5.73 Å². The molecule has 2 rings (SSSR count). The van der Waals surface area contributed by atoms with Crippen LogP contribution < -0.4 is 5.73 Å². The maximum Gasteiger partial charge on any atom is 0.174 e. The summed E-state index contributed by atoms with van der Waals surface area (Å²) in [5.41, 5.74) is 6.15. The summed E-state index contributed by atoms with van der Waals surface area (Å²) in [6.07, 6.45) is 0.535. The molecule has 0 aliphatic rings. The Bertz CT molecular complexity index is 513. The second kappa shape index (κ2) is 5.57. The van der Waals surface area contributed by atoms with Crippen LogP contribution in [0.1, 0.15) is 11.4 Å². The van der Waals surface area contributed by atoms with Crippen LogP contribution in [0.2, 0.25) is 0 Å². The highest BCUT2D eigenvalue weighted by Gasteiger charge is 2.11. The summed E-state index contributed by atoms with van der Waals surface area (Å²) in [6.45, 7) is 2.27. The zero-order valence-corrected chi connectivity index (χ0v) is 10.9. The van der Waals surface area contributed by atoms with Crippen molar-refractivity contribution in [2.45, 2.75) is 22.6 Å². The Morgan fingerprint density at radius 2 is 2.29 bits per heavy atom. The minimum absolute atomic E-state index is 0.207. The highest BCUT2D eigenvalue weighted by atomic mass is 32.2. The number of nitrogens with two attached hydrogens (primary N) is 1. The van der Waals surface area contributed by atoms with Crippen LogP contribution in [0.25, 0.3) is 0 Å². The Morgan fingerprint density at radius 3 is 2.94 bits per heavy atom. The first-order valence-corrected chi connectivity index (χ1v) is 6.75. The van der Waals surface area contributed by atoms with Gasteiger partial charge in [0.05, 0.1) is 0 Å². The molecule has 2 aromatic rings. The third kappa shape index (κ3) is 3.02. The summed E-state index contributed by atoms with van der Waals surface area (Å²) in [7, 11) is 0. The average molecular weight is 269 g/mol. The average Bonchev–Trinajstić information content (AvgIpc) is 2.69. The topological polar surface area (TPSA) is 51.8 Å². The van der Waals surface area contributed by atoms with Gasteiger partial charge in [0, 0.05) is 10.5 Å². The normalized spacial score (nSPS) is 10.8. The quantitative estimate of drug-likeness (QED) is 0.927. The third-order valence-corrected chi connectivity index (χ3v) is 4.12. The van der Waals surface area contributed by atoms with E-state index in [1.54, 1.807) is 6.07 Å². The molecule has 0 atom stereocenters. The molecule has 1 aromatic carbocycles. The van der Waals surface area contributed by atoms with Gasteiger partial charge in [-0.1, -0.05) is 17.8 Å². The SMILES string of the molecule is Cc1nsc(Sc2cccc(F)c2CCN)n1. The molecule has 90 valence electrons. The zero-order chi connectivity index (χ0) is 12.3. The third-order valence-electron chi connectivity index (χ3n) is 2.18. The van der Waals surface area contributed by atoms with Crippen LogP contribution in [-0.4, -0.2) is 15.9 Å². The van der Waals surface area contributed by atoms with Crippen molar-refractivity contribution >= 4 is 23.3 Å². The number of hydrogen-bond acceptors (Lipinski definition) is 5.